The molecule has 4 aromatic rings. The number of nitrogens with zero attached hydrogens (tertiary/aromatic N) is 2. The third kappa shape index (κ3) is 2.61. The molecule has 0 radical (unpaired) electrons. The van der Waals surface area contributed by atoms with Crippen LogP contribution in [0.5, 0.6) is 0 Å². The molecule has 0 bridgehead atoms. The van der Waals surface area contributed by atoms with Crippen molar-refractivity contribution < 1.29 is 4.79 Å². The van der Waals surface area contributed by atoms with Gasteiger partial charge in [0.25, 0.3) is 5.91 Å². The van der Waals surface area contributed by atoms with Gasteiger partial charge in [-0.05, 0) is 35.2 Å². The van der Waals surface area contributed by atoms with Crippen LogP contribution in [0.2, 0.25) is 0 Å². The Labute approximate surface area is 188 Å². The number of para-hydroxylation sites is 1. The molecule has 1 saturated heterocycles. The van der Waals surface area contributed by atoms with Crippen molar-refractivity contribution in [1.82, 2.24) is 4.90 Å². The molecule has 0 saturated carbocycles. The van der Waals surface area contributed by atoms with E-state index in [9.17, 15) is 4.79 Å². The topological polar surface area (TPSA) is 23.6 Å². The normalized spacial score (nSPS) is 22.4. The van der Waals surface area contributed by atoms with Crippen LogP contribution < -0.4 is 4.90 Å². The number of carbonyl (C=O) groups is 1. The van der Waals surface area contributed by atoms with E-state index in [-0.39, 0.29) is 11.9 Å². The van der Waals surface area contributed by atoms with Gasteiger partial charge in [-0.3, -0.25) is 14.6 Å². The second-order valence-corrected chi connectivity index (χ2v) is 8.46. The molecule has 0 aromatic heterocycles. The van der Waals surface area contributed by atoms with E-state index in [0.717, 1.165) is 29.8 Å². The van der Waals surface area contributed by atoms with E-state index >= 15 is 0 Å². The highest BCUT2D eigenvalue weighted by atomic mass is 16.2. The molecule has 2 aliphatic rings. The Balaban J connectivity index is 1.70. The van der Waals surface area contributed by atoms with Crippen LogP contribution in [-0.4, -0.2) is 17.4 Å². The molecular formula is C29H24N2O. The molecule has 2 heterocycles. The van der Waals surface area contributed by atoms with Crippen LogP contribution >= 0.6 is 0 Å². The van der Waals surface area contributed by atoms with E-state index in [0.29, 0.717) is 0 Å². The fraction of sp³-hybridized carbons (Fsp3) is 0.138. The standard InChI is InChI=1S/C29H24N2O/c32-28-27(23-13-4-1-5-14-23)30-21-20-22-12-10-11-19-26(22)29(30,24-15-6-2-7-16-24)31(28)25-17-8-3-9-18-25/h1-19,27H,20-21H2/t27-,29+/m1/s1. The van der Waals surface area contributed by atoms with Crippen molar-refractivity contribution in [2.45, 2.75) is 18.1 Å². The van der Waals surface area contributed by atoms with Crippen molar-refractivity contribution in [3.05, 3.63) is 138 Å². The summed E-state index contributed by atoms with van der Waals surface area (Å²) in [5.41, 5.74) is 4.86. The van der Waals surface area contributed by atoms with Gasteiger partial charge >= 0.3 is 0 Å². The van der Waals surface area contributed by atoms with E-state index in [1.165, 1.54) is 11.1 Å². The third-order valence-corrected chi connectivity index (χ3v) is 6.83. The summed E-state index contributed by atoms with van der Waals surface area (Å²) < 4.78 is 0. The fourth-order valence-electron chi connectivity index (χ4n) is 5.59. The molecule has 4 aromatic carbocycles. The van der Waals surface area contributed by atoms with Gasteiger partial charge in [0, 0.05) is 17.8 Å². The number of fused-ring (bicyclic) bond motifs is 3. The Kier molecular flexibility index (Phi) is 4.44. The predicted molar refractivity (Wildman–Crippen MR) is 127 cm³/mol. The molecule has 32 heavy (non-hydrogen) atoms. The molecule has 6 rings (SSSR count). The number of rotatable bonds is 3. The first-order valence-electron chi connectivity index (χ1n) is 11.2. The predicted octanol–water partition coefficient (Wildman–Crippen LogP) is 5.53. The van der Waals surface area contributed by atoms with Gasteiger partial charge in [0.05, 0.1) is 0 Å². The maximum atomic E-state index is 14.3. The summed E-state index contributed by atoms with van der Waals surface area (Å²) in [6.07, 6.45) is 0.921. The SMILES string of the molecule is O=C1[C@@H](c2ccccc2)N2CCc3ccccc3[C@]2(c2ccccc2)N1c1ccccc1. The third-order valence-electron chi connectivity index (χ3n) is 6.83. The van der Waals surface area contributed by atoms with E-state index in [4.69, 9.17) is 0 Å². The first-order valence-corrected chi connectivity index (χ1v) is 11.2. The second-order valence-electron chi connectivity index (χ2n) is 8.46. The zero-order valence-corrected chi connectivity index (χ0v) is 17.8. The molecule has 3 nitrogen and oxygen atoms in total. The van der Waals surface area contributed by atoms with Crippen LogP contribution in [0.4, 0.5) is 5.69 Å². The average Bonchev–Trinajstić information content (AvgIpc) is 3.15. The van der Waals surface area contributed by atoms with Gasteiger partial charge in [-0.25, -0.2) is 0 Å². The van der Waals surface area contributed by atoms with Gasteiger partial charge in [0.2, 0.25) is 0 Å². The minimum atomic E-state index is -0.699. The zero-order chi connectivity index (χ0) is 21.5. The van der Waals surface area contributed by atoms with Gasteiger partial charge in [-0.15, -0.1) is 0 Å². The summed E-state index contributed by atoms with van der Waals surface area (Å²) >= 11 is 0. The van der Waals surface area contributed by atoms with Crippen molar-refractivity contribution in [3.63, 3.8) is 0 Å². The molecule has 0 N–H and O–H groups in total. The van der Waals surface area contributed by atoms with E-state index < -0.39 is 5.66 Å². The van der Waals surface area contributed by atoms with Crippen LogP contribution in [0.25, 0.3) is 0 Å². The van der Waals surface area contributed by atoms with Gasteiger partial charge in [0.15, 0.2) is 5.66 Å². The highest BCUT2D eigenvalue weighted by molar-refractivity contribution is 6.03. The minimum Gasteiger partial charge on any atom is -0.283 e. The lowest BCUT2D eigenvalue weighted by molar-refractivity contribution is -0.119. The fourth-order valence-corrected chi connectivity index (χ4v) is 5.59. The van der Waals surface area contributed by atoms with E-state index in [1.807, 2.05) is 59.5 Å². The smallest absolute Gasteiger partial charge is 0.251 e. The van der Waals surface area contributed by atoms with E-state index in [2.05, 4.69) is 65.6 Å². The number of hydrogen-bond donors (Lipinski definition) is 0. The average molecular weight is 417 g/mol. The summed E-state index contributed by atoms with van der Waals surface area (Å²) in [5, 5.41) is 0. The quantitative estimate of drug-likeness (QED) is 0.438. The van der Waals surface area contributed by atoms with Crippen molar-refractivity contribution >= 4 is 11.6 Å². The molecule has 2 atom stereocenters. The lowest BCUT2D eigenvalue weighted by Crippen LogP contribution is -2.55. The Bertz CT molecular complexity index is 1260. The highest BCUT2D eigenvalue weighted by Gasteiger charge is 2.61. The number of amides is 1. The van der Waals surface area contributed by atoms with Crippen LogP contribution in [-0.2, 0) is 16.9 Å². The van der Waals surface area contributed by atoms with Gasteiger partial charge < -0.3 is 0 Å². The largest absolute Gasteiger partial charge is 0.283 e. The lowest BCUT2D eigenvalue weighted by atomic mass is 9.81. The summed E-state index contributed by atoms with van der Waals surface area (Å²) in [4.78, 5) is 18.8. The summed E-state index contributed by atoms with van der Waals surface area (Å²) in [6.45, 7) is 0.806. The Morgan fingerprint density at radius 2 is 1.28 bits per heavy atom. The highest BCUT2D eigenvalue weighted by Crippen LogP contribution is 2.54. The molecule has 2 aliphatic heterocycles. The Morgan fingerprint density at radius 1 is 0.688 bits per heavy atom. The molecule has 0 spiro atoms. The van der Waals surface area contributed by atoms with Crippen molar-refractivity contribution in [1.29, 1.82) is 0 Å². The van der Waals surface area contributed by atoms with Crippen LogP contribution in [0.3, 0.4) is 0 Å². The van der Waals surface area contributed by atoms with Gasteiger partial charge in [-0.1, -0.05) is 103 Å². The molecule has 0 unspecified atom stereocenters. The molecule has 1 amide bonds. The molecule has 0 aliphatic carbocycles. The molecule has 156 valence electrons. The number of hydrogen-bond acceptors (Lipinski definition) is 2. The maximum Gasteiger partial charge on any atom is 0.251 e. The van der Waals surface area contributed by atoms with Crippen LogP contribution in [0, 0.1) is 0 Å². The summed E-state index contributed by atoms with van der Waals surface area (Å²) in [7, 11) is 0. The number of carbonyl (C=O) groups excluding carboxylic acids is 1. The minimum absolute atomic E-state index is 0.114. The Hall–Kier alpha value is -3.69. The van der Waals surface area contributed by atoms with Crippen LogP contribution in [0.1, 0.15) is 28.3 Å². The summed E-state index contributed by atoms with van der Waals surface area (Å²) in [6, 6.07) is 39.1. The number of anilines is 1. The van der Waals surface area contributed by atoms with Crippen LogP contribution in [0.15, 0.2) is 115 Å². The number of benzene rings is 4. The first kappa shape index (κ1) is 19.0. The summed E-state index contributed by atoms with van der Waals surface area (Å²) in [5.74, 6) is 0.114. The first-order chi connectivity index (χ1) is 15.8. The van der Waals surface area contributed by atoms with Crippen molar-refractivity contribution in [2.24, 2.45) is 0 Å². The monoisotopic (exact) mass is 416 g/mol. The molecule has 3 heteroatoms. The second kappa shape index (κ2) is 7.47. The van der Waals surface area contributed by atoms with Gasteiger partial charge in [0.1, 0.15) is 6.04 Å². The van der Waals surface area contributed by atoms with Crippen molar-refractivity contribution in [2.75, 3.05) is 11.4 Å². The van der Waals surface area contributed by atoms with Crippen molar-refractivity contribution in [3.8, 4) is 0 Å². The molecule has 1 fully saturated rings. The van der Waals surface area contributed by atoms with Gasteiger partial charge in [-0.2, -0.15) is 0 Å². The lowest BCUT2D eigenvalue weighted by Gasteiger charge is -2.48. The zero-order valence-electron chi connectivity index (χ0n) is 17.8. The van der Waals surface area contributed by atoms with E-state index in [1.54, 1.807) is 0 Å². The molecular weight excluding hydrogens is 392 g/mol. The Morgan fingerprint density at radius 3 is 2.00 bits per heavy atom. The maximum absolute atomic E-state index is 14.3.